The van der Waals surface area contributed by atoms with Crippen molar-refractivity contribution in [3.63, 3.8) is 0 Å². The summed E-state index contributed by atoms with van der Waals surface area (Å²) in [4.78, 5) is 40.9. The van der Waals surface area contributed by atoms with Crippen LogP contribution in [0.2, 0.25) is 0 Å². The molecular formula is C31H33N3O6. The number of amides is 1. The van der Waals surface area contributed by atoms with Gasteiger partial charge in [-0.2, -0.15) is 0 Å². The molecule has 0 radical (unpaired) electrons. The highest BCUT2D eigenvalue weighted by molar-refractivity contribution is 6.46. The van der Waals surface area contributed by atoms with E-state index >= 15 is 0 Å². The van der Waals surface area contributed by atoms with Gasteiger partial charge in [0.15, 0.2) is 0 Å². The number of likely N-dealkylation sites (tertiary alicyclic amines) is 1. The normalized spacial score (nSPS) is 16.5. The van der Waals surface area contributed by atoms with Crippen LogP contribution in [-0.4, -0.2) is 57.7 Å². The van der Waals surface area contributed by atoms with Gasteiger partial charge in [-0.3, -0.25) is 19.7 Å². The van der Waals surface area contributed by atoms with Gasteiger partial charge in [0.1, 0.15) is 18.1 Å². The third kappa shape index (κ3) is 6.05. The monoisotopic (exact) mass is 543 g/mol. The Labute approximate surface area is 233 Å². The van der Waals surface area contributed by atoms with E-state index in [1.54, 1.807) is 25.1 Å². The summed E-state index contributed by atoms with van der Waals surface area (Å²) in [5.74, 6) is -1.19. The van der Waals surface area contributed by atoms with Gasteiger partial charge in [-0.15, -0.1) is 0 Å². The van der Waals surface area contributed by atoms with Gasteiger partial charge in [-0.1, -0.05) is 44.2 Å². The molecule has 1 saturated heterocycles. The summed E-state index contributed by atoms with van der Waals surface area (Å²) in [6.45, 7) is 8.56. The van der Waals surface area contributed by atoms with Gasteiger partial charge in [0.05, 0.1) is 16.5 Å². The second kappa shape index (κ2) is 12.6. The summed E-state index contributed by atoms with van der Waals surface area (Å²) in [5, 5.41) is 22.7. The van der Waals surface area contributed by atoms with E-state index in [9.17, 15) is 24.8 Å². The number of rotatable bonds is 11. The summed E-state index contributed by atoms with van der Waals surface area (Å²) in [6.07, 6.45) is 0. The third-order valence-electron chi connectivity index (χ3n) is 7.21. The number of benzene rings is 3. The van der Waals surface area contributed by atoms with Crippen molar-refractivity contribution in [2.45, 2.75) is 33.4 Å². The minimum Gasteiger partial charge on any atom is -0.507 e. The predicted octanol–water partition coefficient (Wildman–Crippen LogP) is 5.25. The second-order valence-corrected chi connectivity index (χ2v) is 9.62. The molecule has 1 fully saturated rings. The Balaban J connectivity index is 1.71. The fourth-order valence-corrected chi connectivity index (χ4v) is 4.90. The van der Waals surface area contributed by atoms with Crippen molar-refractivity contribution in [3.05, 3.63) is 111 Å². The van der Waals surface area contributed by atoms with Gasteiger partial charge in [0.2, 0.25) is 0 Å². The first-order valence-corrected chi connectivity index (χ1v) is 13.3. The number of carbonyl (C=O) groups is 2. The first-order valence-electron chi connectivity index (χ1n) is 13.3. The van der Waals surface area contributed by atoms with Crippen LogP contribution in [0.3, 0.4) is 0 Å². The number of Topliss-reactive ketones (excluding diaryl/α,β-unsaturated/α-hetero) is 1. The summed E-state index contributed by atoms with van der Waals surface area (Å²) in [5.41, 5.74) is 2.44. The Kier molecular flexibility index (Phi) is 8.96. The van der Waals surface area contributed by atoms with E-state index in [0.717, 1.165) is 18.7 Å². The van der Waals surface area contributed by atoms with Crippen LogP contribution in [-0.2, 0) is 16.2 Å². The van der Waals surface area contributed by atoms with Crippen molar-refractivity contribution < 1.29 is 24.4 Å². The molecule has 4 rings (SSSR count). The van der Waals surface area contributed by atoms with Crippen molar-refractivity contribution in [2.75, 3.05) is 26.2 Å². The minimum absolute atomic E-state index is 0.0422. The summed E-state index contributed by atoms with van der Waals surface area (Å²) in [6, 6.07) is 19.7. The number of non-ortho nitro benzene ring substituents is 1. The highest BCUT2D eigenvalue weighted by Crippen LogP contribution is 2.40. The molecule has 0 unspecified atom stereocenters. The van der Waals surface area contributed by atoms with Crippen LogP contribution in [0.1, 0.15) is 42.1 Å². The smallest absolute Gasteiger partial charge is 0.295 e. The number of hydrogen-bond donors (Lipinski definition) is 1. The Morgan fingerprint density at radius 2 is 1.70 bits per heavy atom. The average molecular weight is 544 g/mol. The summed E-state index contributed by atoms with van der Waals surface area (Å²) in [7, 11) is 0. The molecule has 1 atom stereocenters. The van der Waals surface area contributed by atoms with E-state index < -0.39 is 22.7 Å². The van der Waals surface area contributed by atoms with E-state index in [1.165, 1.54) is 29.2 Å². The van der Waals surface area contributed by atoms with Gasteiger partial charge in [0.25, 0.3) is 17.4 Å². The molecule has 208 valence electrons. The van der Waals surface area contributed by atoms with Crippen molar-refractivity contribution in [1.82, 2.24) is 9.80 Å². The summed E-state index contributed by atoms with van der Waals surface area (Å²) >= 11 is 0. The zero-order valence-corrected chi connectivity index (χ0v) is 22.9. The predicted molar refractivity (Wildman–Crippen MR) is 152 cm³/mol. The number of ketones is 1. The fraction of sp³-hybridized carbons (Fsp3) is 0.290. The van der Waals surface area contributed by atoms with Crippen molar-refractivity contribution in [3.8, 4) is 5.75 Å². The largest absolute Gasteiger partial charge is 0.507 e. The van der Waals surface area contributed by atoms with Crippen molar-refractivity contribution >= 4 is 23.1 Å². The van der Waals surface area contributed by atoms with Gasteiger partial charge in [-0.05, 0) is 67.0 Å². The first kappa shape index (κ1) is 28.5. The van der Waals surface area contributed by atoms with Crippen molar-refractivity contribution in [2.24, 2.45) is 0 Å². The lowest BCUT2D eigenvalue weighted by Crippen LogP contribution is -2.38. The number of nitrogens with zero attached hydrogens (tertiary/aromatic N) is 3. The zero-order valence-electron chi connectivity index (χ0n) is 22.9. The SMILES string of the molecule is CCN(CC)CCN1C(=O)C(=O)/C(=C(/O)c2ccc(OCc3ccccc3)cc2C)[C@H]1c1ccc([N+](=O)[O-])cc1. The fourth-order valence-electron chi connectivity index (χ4n) is 4.90. The van der Waals surface area contributed by atoms with Crippen LogP contribution in [0, 0.1) is 17.0 Å². The topological polar surface area (TPSA) is 113 Å². The molecule has 3 aromatic rings. The Bertz CT molecular complexity index is 1410. The molecule has 3 aromatic carbocycles. The Morgan fingerprint density at radius 3 is 2.30 bits per heavy atom. The lowest BCUT2D eigenvalue weighted by molar-refractivity contribution is -0.384. The van der Waals surface area contributed by atoms with Crippen molar-refractivity contribution in [1.29, 1.82) is 0 Å². The zero-order chi connectivity index (χ0) is 28.8. The molecule has 1 aliphatic rings. The molecule has 40 heavy (non-hydrogen) atoms. The molecule has 1 heterocycles. The maximum absolute atomic E-state index is 13.4. The van der Waals surface area contributed by atoms with Crippen LogP contribution in [0.4, 0.5) is 5.69 Å². The molecule has 9 nitrogen and oxygen atoms in total. The molecule has 1 amide bonds. The van der Waals surface area contributed by atoms with Crippen LogP contribution < -0.4 is 4.74 Å². The number of aliphatic hydroxyl groups excluding tert-OH is 1. The molecule has 0 spiro atoms. The lowest BCUT2D eigenvalue weighted by Gasteiger charge is -2.28. The third-order valence-corrected chi connectivity index (χ3v) is 7.21. The van der Waals surface area contributed by atoms with Crippen LogP contribution in [0.5, 0.6) is 5.75 Å². The van der Waals surface area contributed by atoms with Gasteiger partial charge < -0.3 is 19.6 Å². The highest BCUT2D eigenvalue weighted by atomic mass is 16.6. The van der Waals surface area contributed by atoms with Gasteiger partial charge in [-0.25, -0.2) is 0 Å². The molecule has 9 heteroatoms. The maximum atomic E-state index is 13.4. The molecule has 1 N–H and O–H groups in total. The maximum Gasteiger partial charge on any atom is 0.295 e. The standard InChI is InChI=1S/C31H33N3O6/c1-4-32(5-2)17-18-33-28(23-11-13-24(14-12-23)34(38)39)27(30(36)31(33)37)29(35)26-16-15-25(19-21(26)3)40-20-22-9-7-6-8-10-22/h6-16,19,28,35H,4-5,17-18,20H2,1-3H3/b29-27+/t28-/m1/s1. The quantitative estimate of drug-likeness (QED) is 0.116. The van der Waals surface area contributed by atoms with E-state index in [1.807, 2.05) is 44.2 Å². The van der Waals surface area contributed by atoms with Crippen LogP contribution >= 0.6 is 0 Å². The molecular weight excluding hydrogens is 510 g/mol. The number of aryl methyl sites for hydroxylation is 1. The summed E-state index contributed by atoms with van der Waals surface area (Å²) < 4.78 is 5.90. The van der Waals surface area contributed by atoms with Crippen LogP contribution in [0.25, 0.3) is 5.76 Å². The molecule has 0 aliphatic carbocycles. The van der Waals surface area contributed by atoms with Gasteiger partial charge in [0, 0.05) is 30.8 Å². The number of carbonyl (C=O) groups excluding carboxylic acids is 2. The van der Waals surface area contributed by atoms with E-state index in [4.69, 9.17) is 4.74 Å². The van der Waals surface area contributed by atoms with E-state index in [-0.39, 0.29) is 23.6 Å². The van der Waals surface area contributed by atoms with E-state index in [0.29, 0.717) is 35.6 Å². The minimum atomic E-state index is -0.884. The lowest BCUT2D eigenvalue weighted by atomic mass is 9.93. The number of aliphatic hydroxyl groups is 1. The first-order chi connectivity index (χ1) is 19.2. The number of likely N-dealkylation sites (N-methyl/N-ethyl adjacent to an activating group) is 1. The number of ether oxygens (including phenoxy) is 1. The molecule has 1 aliphatic heterocycles. The van der Waals surface area contributed by atoms with E-state index in [2.05, 4.69) is 4.90 Å². The average Bonchev–Trinajstić information content (AvgIpc) is 3.22. The molecule has 0 bridgehead atoms. The number of nitro groups is 1. The highest BCUT2D eigenvalue weighted by Gasteiger charge is 2.46. The molecule has 0 saturated carbocycles. The number of hydrogen-bond acceptors (Lipinski definition) is 7. The molecule has 0 aromatic heterocycles. The van der Waals surface area contributed by atoms with Crippen LogP contribution in [0.15, 0.2) is 78.4 Å². The Morgan fingerprint density at radius 1 is 1.02 bits per heavy atom. The number of nitro benzene ring substituents is 1. The second-order valence-electron chi connectivity index (χ2n) is 9.62. The Hall–Kier alpha value is -4.50. The van der Waals surface area contributed by atoms with Gasteiger partial charge >= 0.3 is 0 Å².